The maximum atomic E-state index is 12.1. The minimum Gasteiger partial charge on any atom is -0.493 e. The number of amides is 1. The van der Waals surface area contributed by atoms with Crippen molar-refractivity contribution < 1.29 is 22.7 Å². The molecule has 0 heterocycles. The molecule has 0 aromatic heterocycles. The smallest absolute Gasteiger partial charge is 0.245 e. The second-order valence-corrected chi connectivity index (χ2v) is 6.87. The summed E-state index contributed by atoms with van der Waals surface area (Å²) in [6.45, 7) is 1.54. The van der Waals surface area contributed by atoms with E-state index in [1.165, 1.54) is 25.2 Å². The molecule has 0 saturated heterocycles. The summed E-state index contributed by atoms with van der Waals surface area (Å²) >= 11 is 0. The number of ether oxygens (including phenoxy) is 2. The first kappa shape index (κ1) is 18.1. The molecule has 1 unspecified atom stereocenters. The Hall–Kier alpha value is -1.96. The highest BCUT2D eigenvalue weighted by molar-refractivity contribution is 7.92. The van der Waals surface area contributed by atoms with Crippen LogP contribution in [0.1, 0.15) is 6.92 Å². The van der Waals surface area contributed by atoms with Gasteiger partial charge in [0.1, 0.15) is 6.04 Å². The van der Waals surface area contributed by atoms with E-state index in [4.69, 9.17) is 9.47 Å². The van der Waals surface area contributed by atoms with Crippen molar-refractivity contribution in [2.45, 2.75) is 13.0 Å². The molecule has 0 aliphatic heterocycles. The minimum absolute atomic E-state index is 0.319. The van der Waals surface area contributed by atoms with Crippen molar-refractivity contribution in [2.24, 2.45) is 0 Å². The summed E-state index contributed by atoms with van der Waals surface area (Å²) in [5.74, 6) is 0.546. The van der Waals surface area contributed by atoms with Gasteiger partial charge in [-0.05, 0) is 19.1 Å². The highest BCUT2D eigenvalue weighted by Crippen LogP contribution is 2.33. The first-order valence-corrected chi connectivity index (χ1v) is 8.41. The van der Waals surface area contributed by atoms with Crippen LogP contribution in [0, 0.1) is 0 Å². The zero-order chi connectivity index (χ0) is 17.1. The SMILES string of the molecule is COc1ccc(N(C(C)C(=O)N(C)C)S(C)(=O)=O)cc1OC. The number of methoxy groups -OCH3 is 2. The van der Waals surface area contributed by atoms with Gasteiger partial charge < -0.3 is 14.4 Å². The minimum atomic E-state index is -3.65. The molecule has 1 aromatic rings. The third-order valence-corrected chi connectivity index (χ3v) is 4.37. The van der Waals surface area contributed by atoms with E-state index in [9.17, 15) is 13.2 Å². The second kappa shape index (κ2) is 6.87. The van der Waals surface area contributed by atoms with Gasteiger partial charge in [-0.25, -0.2) is 8.42 Å². The number of rotatable bonds is 6. The maximum absolute atomic E-state index is 12.1. The molecular weight excluding hydrogens is 308 g/mol. The van der Waals surface area contributed by atoms with E-state index in [1.807, 2.05) is 0 Å². The summed E-state index contributed by atoms with van der Waals surface area (Å²) in [6, 6.07) is 3.82. The van der Waals surface area contributed by atoms with E-state index >= 15 is 0 Å². The molecule has 1 atom stereocenters. The Labute approximate surface area is 131 Å². The lowest BCUT2D eigenvalue weighted by atomic mass is 10.2. The van der Waals surface area contributed by atoms with Crippen LogP contribution < -0.4 is 13.8 Å². The van der Waals surface area contributed by atoms with Crippen molar-refractivity contribution in [3.05, 3.63) is 18.2 Å². The van der Waals surface area contributed by atoms with Crippen molar-refractivity contribution in [2.75, 3.05) is 38.9 Å². The van der Waals surface area contributed by atoms with E-state index in [1.54, 1.807) is 33.2 Å². The Morgan fingerprint density at radius 1 is 1.14 bits per heavy atom. The van der Waals surface area contributed by atoms with Gasteiger partial charge in [0.2, 0.25) is 15.9 Å². The first-order valence-electron chi connectivity index (χ1n) is 6.56. The topological polar surface area (TPSA) is 76.2 Å². The van der Waals surface area contributed by atoms with E-state index in [0.29, 0.717) is 17.2 Å². The maximum Gasteiger partial charge on any atom is 0.245 e. The third-order valence-electron chi connectivity index (χ3n) is 3.13. The van der Waals surface area contributed by atoms with E-state index in [-0.39, 0.29) is 5.91 Å². The average Bonchev–Trinajstić information content (AvgIpc) is 2.44. The monoisotopic (exact) mass is 330 g/mol. The molecule has 0 aliphatic carbocycles. The molecule has 0 N–H and O–H groups in total. The van der Waals surface area contributed by atoms with Crippen LogP contribution >= 0.6 is 0 Å². The molecule has 0 bridgehead atoms. The van der Waals surface area contributed by atoms with Crippen molar-refractivity contribution in [1.82, 2.24) is 4.90 Å². The summed E-state index contributed by atoms with van der Waals surface area (Å²) in [5, 5.41) is 0. The van der Waals surface area contributed by atoms with Crippen LogP contribution in [-0.2, 0) is 14.8 Å². The molecule has 124 valence electrons. The molecule has 0 aliphatic rings. The van der Waals surface area contributed by atoms with Gasteiger partial charge in [0, 0.05) is 20.2 Å². The number of likely N-dealkylation sites (N-methyl/N-ethyl adjacent to an activating group) is 1. The average molecular weight is 330 g/mol. The first-order chi connectivity index (χ1) is 10.1. The van der Waals surface area contributed by atoms with E-state index in [0.717, 1.165) is 10.6 Å². The lowest BCUT2D eigenvalue weighted by molar-refractivity contribution is -0.129. The number of carbonyl (C=O) groups is 1. The van der Waals surface area contributed by atoms with E-state index in [2.05, 4.69) is 0 Å². The summed E-state index contributed by atoms with van der Waals surface area (Å²) in [4.78, 5) is 13.5. The fourth-order valence-corrected chi connectivity index (χ4v) is 3.30. The lowest BCUT2D eigenvalue weighted by Gasteiger charge is -2.30. The van der Waals surface area contributed by atoms with Crippen LogP contribution in [-0.4, -0.2) is 59.8 Å². The predicted octanol–water partition coefficient (Wildman–Crippen LogP) is 0.947. The molecule has 8 heteroatoms. The van der Waals surface area contributed by atoms with Gasteiger partial charge in [-0.2, -0.15) is 0 Å². The van der Waals surface area contributed by atoms with Crippen LogP contribution in [0.25, 0.3) is 0 Å². The number of anilines is 1. The van der Waals surface area contributed by atoms with Gasteiger partial charge in [0.15, 0.2) is 11.5 Å². The molecule has 0 saturated carbocycles. The van der Waals surface area contributed by atoms with Gasteiger partial charge in [-0.1, -0.05) is 0 Å². The van der Waals surface area contributed by atoms with Crippen LogP contribution in [0.4, 0.5) is 5.69 Å². The fraction of sp³-hybridized carbons (Fsp3) is 0.500. The van der Waals surface area contributed by atoms with Crippen LogP contribution in [0.15, 0.2) is 18.2 Å². The largest absolute Gasteiger partial charge is 0.493 e. The zero-order valence-corrected chi connectivity index (χ0v) is 14.5. The van der Waals surface area contributed by atoms with Gasteiger partial charge >= 0.3 is 0 Å². The summed E-state index contributed by atoms with van der Waals surface area (Å²) in [6.07, 6.45) is 1.06. The van der Waals surface area contributed by atoms with Crippen molar-refractivity contribution in [3.63, 3.8) is 0 Å². The molecule has 1 rings (SSSR count). The number of nitrogens with zero attached hydrogens (tertiary/aromatic N) is 2. The Morgan fingerprint density at radius 3 is 2.09 bits per heavy atom. The Bertz CT molecular complexity index is 643. The quantitative estimate of drug-likeness (QED) is 0.776. The molecule has 1 amide bonds. The molecule has 0 fully saturated rings. The molecular formula is C14H22N2O5S. The zero-order valence-electron chi connectivity index (χ0n) is 13.7. The second-order valence-electron chi connectivity index (χ2n) is 5.01. The van der Waals surface area contributed by atoms with Crippen LogP contribution in [0.2, 0.25) is 0 Å². The number of benzene rings is 1. The molecule has 22 heavy (non-hydrogen) atoms. The normalized spacial score (nSPS) is 12.5. The van der Waals surface area contributed by atoms with Gasteiger partial charge in [0.05, 0.1) is 26.2 Å². The Morgan fingerprint density at radius 2 is 1.68 bits per heavy atom. The Kier molecular flexibility index (Phi) is 5.65. The molecule has 0 radical (unpaired) electrons. The third kappa shape index (κ3) is 3.82. The summed E-state index contributed by atoms with van der Waals surface area (Å²) in [7, 11) is 2.45. The van der Waals surface area contributed by atoms with Gasteiger partial charge in [-0.15, -0.1) is 0 Å². The number of sulfonamides is 1. The standard InChI is InChI=1S/C14H22N2O5S/c1-10(14(17)15(2)3)16(22(6,18)19)11-7-8-12(20-4)13(9-11)21-5/h7-10H,1-6H3. The van der Waals surface area contributed by atoms with Crippen LogP contribution in [0.5, 0.6) is 11.5 Å². The fourth-order valence-electron chi connectivity index (χ4n) is 2.14. The highest BCUT2D eigenvalue weighted by Gasteiger charge is 2.30. The summed E-state index contributed by atoms with van der Waals surface area (Å²) < 4.78 is 35.7. The summed E-state index contributed by atoms with van der Waals surface area (Å²) in [5.41, 5.74) is 0.336. The van der Waals surface area contributed by atoms with Gasteiger partial charge in [0.25, 0.3) is 0 Å². The van der Waals surface area contributed by atoms with Crippen LogP contribution in [0.3, 0.4) is 0 Å². The molecule has 0 spiro atoms. The van der Waals surface area contributed by atoms with Crippen molar-refractivity contribution in [3.8, 4) is 11.5 Å². The Balaban J connectivity index is 3.39. The number of hydrogen-bond donors (Lipinski definition) is 0. The predicted molar refractivity (Wildman–Crippen MR) is 85.0 cm³/mol. The number of carbonyl (C=O) groups excluding carboxylic acids is 1. The van der Waals surface area contributed by atoms with Crippen molar-refractivity contribution >= 4 is 21.6 Å². The highest BCUT2D eigenvalue weighted by atomic mass is 32.2. The molecule has 1 aromatic carbocycles. The van der Waals surface area contributed by atoms with Crippen molar-refractivity contribution in [1.29, 1.82) is 0 Å². The molecule has 7 nitrogen and oxygen atoms in total. The lowest BCUT2D eigenvalue weighted by Crippen LogP contribution is -2.47. The van der Waals surface area contributed by atoms with Gasteiger partial charge in [-0.3, -0.25) is 9.10 Å². The van der Waals surface area contributed by atoms with E-state index < -0.39 is 16.1 Å². The number of hydrogen-bond acceptors (Lipinski definition) is 5.